The highest BCUT2D eigenvalue weighted by Gasteiger charge is 2.32. The number of hydrogen-bond donors (Lipinski definition) is 2. The van der Waals surface area contributed by atoms with Crippen molar-refractivity contribution in [3.05, 3.63) is 76.5 Å². The third-order valence-corrected chi connectivity index (χ3v) is 5.55. The van der Waals surface area contributed by atoms with Gasteiger partial charge in [-0.25, -0.2) is 13.9 Å². The Hall–Kier alpha value is -4.35. The smallest absolute Gasteiger partial charge is 0.345 e. The highest BCUT2D eigenvalue weighted by Crippen LogP contribution is 2.32. The molecule has 4 rings (SSSR count). The zero-order valence-electron chi connectivity index (χ0n) is 21.2. The molecule has 0 radical (unpaired) electrons. The molecule has 192 valence electrons. The third kappa shape index (κ3) is 5.42. The van der Waals surface area contributed by atoms with Crippen LogP contribution in [0.2, 0.25) is 0 Å². The van der Waals surface area contributed by atoms with Crippen LogP contribution in [0.25, 0.3) is 16.9 Å². The number of aromatic nitrogens is 4. The van der Waals surface area contributed by atoms with Crippen molar-refractivity contribution in [2.75, 3.05) is 5.32 Å². The quantitative estimate of drug-likeness (QED) is 0.364. The predicted molar refractivity (Wildman–Crippen MR) is 127 cm³/mol. The summed E-state index contributed by atoms with van der Waals surface area (Å²) in [5.41, 5.74) is 0.423. The summed E-state index contributed by atoms with van der Waals surface area (Å²) in [6.45, 7) is 5.70. The molecule has 0 aliphatic heterocycles. The summed E-state index contributed by atoms with van der Waals surface area (Å²) in [5, 5.41) is 9.34. The summed E-state index contributed by atoms with van der Waals surface area (Å²) in [7, 11) is 0. The van der Waals surface area contributed by atoms with E-state index < -0.39 is 35.0 Å². The van der Waals surface area contributed by atoms with E-state index in [2.05, 4.69) is 25.7 Å². The number of anilines is 1. The summed E-state index contributed by atoms with van der Waals surface area (Å²) < 4.78 is 63.8. The SMILES string of the molecule is [2H]C(C)(NC(=O)c1cc(-c2ccc3nc(NC(C)=O)cn3n2)c(C)nc1C)c1cc(C(F)(F)F)ccc1F. The molecule has 0 bridgehead atoms. The van der Waals surface area contributed by atoms with Gasteiger partial charge in [-0.3, -0.25) is 14.6 Å². The average molecular weight is 515 g/mol. The second-order valence-corrected chi connectivity index (χ2v) is 8.35. The molecule has 0 saturated carbocycles. The first-order chi connectivity index (χ1) is 17.7. The number of nitrogens with one attached hydrogen (secondary N) is 2. The number of carbonyl (C=O) groups excluding carboxylic acids is 2. The van der Waals surface area contributed by atoms with Crippen LogP contribution in [0.5, 0.6) is 0 Å². The van der Waals surface area contributed by atoms with Crippen LogP contribution in [0.3, 0.4) is 0 Å². The fraction of sp³-hybridized carbons (Fsp3) is 0.240. The van der Waals surface area contributed by atoms with Gasteiger partial charge in [0, 0.05) is 23.7 Å². The first kappa shape index (κ1) is 24.3. The highest BCUT2D eigenvalue weighted by molar-refractivity contribution is 5.96. The molecule has 3 heterocycles. The number of pyridine rings is 1. The van der Waals surface area contributed by atoms with E-state index in [4.69, 9.17) is 1.37 Å². The summed E-state index contributed by atoms with van der Waals surface area (Å²) in [6, 6.07) is 4.26. The summed E-state index contributed by atoms with van der Waals surface area (Å²) in [4.78, 5) is 33.1. The number of imidazole rings is 1. The number of alkyl halides is 3. The first-order valence-electron chi connectivity index (χ1n) is 11.5. The number of amides is 2. The van der Waals surface area contributed by atoms with Gasteiger partial charge in [0.25, 0.3) is 5.91 Å². The van der Waals surface area contributed by atoms with Gasteiger partial charge in [0.2, 0.25) is 5.91 Å². The summed E-state index contributed by atoms with van der Waals surface area (Å²) >= 11 is 0. The normalized spacial score (nSPS) is 13.7. The van der Waals surface area contributed by atoms with E-state index in [-0.39, 0.29) is 11.5 Å². The summed E-state index contributed by atoms with van der Waals surface area (Å²) in [6.07, 6.45) is -3.24. The molecule has 2 N–H and O–H groups in total. The van der Waals surface area contributed by atoms with Crippen molar-refractivity contribution in [2.45, 2.75) is 39.9 Å². The van der Waals surface area contributed by atoms with Crippen LogP contribution in [0, 0.1) is 19.7 Å². The van der Waals surface area contributed by atoms with Crippen LogP contribution in [-0.4, -0.2) is 31.4 Å². The monoisotopic (exact) mass is 515 g/mol. The van der Waals surface area contributed by atoms with Gasteiger partial charge in [-0.1, -0.05) is 0 Å². The zero-order chi connectivity index (χ0) is 28.0. The molecular formula is C25H22F4N6O2. The van der Waals surface area contributed by atoms with Gasteiger partial charge in [-0.05, 0) is 57.2 Å². The fourth-order valence-electron chi connectivity index (χ4n) is 3.77. The van der Waals surface area contributed by atoms with Gasteiger partial charge in [0.15, 0.2) is 11.5 Å². The maximum atomic E-state index is 14.4. The van der Waals surface area contributed by atoms with Crippen LogP contribution in [0.15, 0.2) is 42.6 Å². The second-order valence-electron chi connectivity index (χ2n) is 8.35. The molecule has 37 heavy (non-hydrogen) atoms. The third-order valence-electron chi connectivity index (χ3n) is 5.55. The molecule has 0 aliphatic carbocycles. The van der Waals surface area contributed by atoms with Crippen molar-refractivity contribution < 1.29 is 28.5 Å². The summed E-state index contributed by atoms with van der Waals surface area (Å²) in [5.74, 6) is -1.89. The Labute approximate surface area is 210 Å². The molecule has 12 heteroatoms. The lowest BCUT2D eigenvalue weighted by Gasteiger charge is -2.18. The number of rotatable bonds is 5. The van der Waals surface area contributed by atoms with Crippen molar-refractivity contribution >= 4 is 23.3 Å². The number of fused-ring (bicyclic) bond motifs is 1. The highest BCUT2D eigenvalue weighted by atomic mass is 19.4. The number of aryl methyl sites for hydroxylation is 2. The Bertz CT molecular complexity index is 1580. The minimum Gasteiger partial charge on any atom is -0.345 e. The van der Waals surface area contributed by atoms with Crippen molar-refractivity contribution in [2.24, 2.45) is 0 Å². The lowest BCUT2D eigenvalue weighted by atomic mass is 10.0. The van der Waals surface area contributed by atoms with Crippen LogP contribution in [0.4, 0.5) is 23.4 Å². The Morgan fingerprint density at radius 1 is 1.08 bits per heavy atom. The van der Waals surface area contributed by atoms with E-state index in [9.17, 15) is 27.2 Å². The van der Waals surface area contributed by atoms with Crippen LogP contribution in [-0.2, 0) is 11.0 Å². The lowest BCUT2D eigenvalue weighted by Crippen LogP contribution is -2.28. The number of carbonyl (C=O) groups is 2. The lowest BCUT2D eigenvalue weighted by molar-refractivity contribution is -0.137. The minimum absolute atomic E-state index is 0.0305. The fourth-order valence-corrected chi connectivity index (χ4v) is 3.77. The van der Waals surface area contributed by atoms with Crippen LogP contribution < -0.4 is 10.6 Å². The Balaban J connectivity index is 1.68. The van der Waals surface area contributed by atoms with E-state index in [1.807, 2.05) is 0 Å². The number of benzene rings is 1. The van der Waals surface area contributed by atoms with E-state index in [0.29, 0.717) is 52.3 Å². The molecule has 3 aromatic heterocycles. The van der Waals surface area contributed by atoms with Crippen LogP contribution >= 0.6 is 0 Å². The first-order valence-corrected chi connectivity index (χ1v) is 11.0. The van der Waals surface area contributed by atoms with E-state index in [0.717, 1.165) is 6.92 Å². The molecule has 0 fully saturated rings. The van der Waals surface area contributed by atoms with Crippen LogP contribution in [0.1, 0.15) is 54.1 Å². The molecule has 0 spiro atoms. The molecule has 1 atom stereocenters. The number of hydrogen-bond acceptors (Lipinski definition) is 5. The maximum absolute atomic E-state index is 14.4. The largest absolute Gasteiger partial charge is 0.416 e. The minimum atomic E-state index is -4.75. The Morgan fingerprint density at radius 2 is 1.81 bits per heavy atom. The van der Waals surface area contributed by atoms with Crippen molar-refractivity contribution in [1.82, 2.24) is 24.9 Å². The molecule has 8 nitrogen and oxygen atoms in total. The Kier molecular flexibility index (Phi) is 6.32. The van der Waals surface area contributed by atoms with Gasteiger partial charge in [-0.2, -0.15) is 18.3 Å². The van der Waals surface area contributed by atoms with Gasteiger partial charge in [0.1, 0.15) is 5.82 Å². The van der Waals surface area contributed by atoms with Crippen molar-refractivity contribution in [1.29, 1.82) is 0 Å². The van der Waals surface area contributed by atoms with Gasteiger partial charge in [0.05, 0.1) is 36.1 Å². The predicted octanol–water partition coefficient (Wildman–Crippen LogP) is 5.02. The van der Waals surface area contributed by atoms with Crippen molar-refractivity contribution in [3.8, 4) is 11.3 Å². The molecule has 0 saturated heterocycles. The molecule has 0 aliphatic rings. The number of nitrogens with zero attached hydrogens (tertiary/aromatic N) is 4. The molecular weight excluding hydrogens is 492 g/mol. The zero-order valence-corrected chi connectivity index (χ0v) is 20.2. The van der Waals surface area contributed by atoms with Crippen molar-refractivity contribution in [3.63, 3.8) is 0 Å². The second kappa shape index (κ2) is 9.60. The molecule has 1 unspecified atom stereocenters. The molecule has 4 aromatic rings. The van der Waals surface area contributed by atoms with Gasteiger partial charge in [-0.15, -0.1) is 0 Å². The van der Waals surface area contributed by atoms with Gasteiger partial charge >= 0.3 is 6.18 Å². The standard InChI is InChI=1S/C25H22F4N6O2/c1-12(17-9-16(25(27,28)29)5-6-20(17)26)31-24(37)19-10-18(13(2)30-14(19)3)21-7-8-23-33-22(32-15(4)36)11-35(23)34-21/h5-12H,1-4H3,(H,31,37)(H,32,36)/i12D. The van der Waals surface area contributed by atoms with Gasteiger partial charge < -0.3 is 10.6 Å². The topological polar surface area (TPSA) is 101 Å². The number of halogens is 4. The molecule has 1 aromatic carbocycles. The average Bonchev–Trinajstić information content (AvgIpc) is 3.18. The molecule has 2 amide bonds. The van der Waals surface area contributed by atoms with E-state index in [1.54, 1.807) is 26.0 Å². The Morgan fingerprint density at radius 3 is 2.49 bits per heavy atom. The van der Waals surface area contributed by atoms with E-state index >= 15 is 0 Å². The van der Waals surface area contributed by atoms with E-state index in [1.165, 1.54) is 23.7 Å². The maximum Gasteiger partial charge on any atom is 0.416 e.